The van der Waals surface area contributed by atoms with E-state index in [4.69, 9.17) is 4.42 Å². The third kappa shape index (κ3) is 4.28. The van der Waals surface area contributed by atoms with E-state index in [1.165, 1.54) is 24.5 Å². The van der Waals surface area contributed by atoms with Gasteiger partial charge >= 0.3 is 12.2 Å². The van der Waals surface area contributed by atoms with Gasteiger partial charge in [-0.15, -0.1) is 0 Å². The molecule has 0 aliphatic carbocycles. The second-order valence-corrected chi connectivity index (χ2v) is 4.88. The van der Waals surface area contributed by atoms with Crippen molar-refractivity contribution in [1.29, 1.82) is 0 Å². The Morgan fingerprint density at radius 1 is 1.27 bits per heavy atom. The number of hydrogen-bond donors (Lipinski definition) is 2. The molecule has 2 N–H and O–H groups in total. The molecule has 0 aliphatic heterocycles. The van der Waals surface area contributed by atoms with Gasteiger partial charge in [0, 0.05) is 6.04 Å². The number of furan rings is 1. The summed E-state index contributed by atoms with van der Waals surface area (Å²) in [6.07, 6.45) is -0.937. The van der Waals surface area contributed by atoms with E-state index in [0.717, 1.165) is 11.6 Å². The maximum Gasteiger partial charge on any atom is 0.418 e. The van der Waals surface area contributed by atoms with Gasteiger partial charge in [-0.1, -0.05) is 12.1 Å². The number of alkyl halides is 3. The van der Waals surface area contributed by atoms with Crippen molar-refractivity contribution in [3.8, 4) is 0 Å². The number of anilines is 1. The van der Waals surface area contributed by atoms with Gasteiger partial charge in [0.05, 0.1) is 23.8 Å². The van der Waals surface area contributed by atoms with Crippen LogP contribution in [0, 0.1) is 0 Å². The molecule has 1 heterocycles. The van der Waals surface area contributed by atoms with E-state index < -0.39 is 17.8 Å². The van der Waals surface area contributed by atoms with E-state index >= 15 is 0 Å². The molecule has 0 aliphatic rings. The Balaban J connectivity index is 1.98. The molecule has 2 aromatic rings. The standard InChI is InChI=1S/C15H15F3N2O2/c1-10(8-11-6-7-22-9-11)19-14(21)20-13-5-3-2-4-12(13)15(16,17)18/h2-7,9-10H,8H2,1H3,(H2,19,20,21). The first kappa shape index (κ1) is 15.9. The summed E-state index contributed by atoms with van der Waals surface area (Å²) in [5.74, 6) is 0. The molecule has 0 fully saturated rings. The van der Waals surface area contributed by atoms with Gasteiger partial charge in [-0.3, -0.25) is 0 Å². The fourth-order valence-corrected chi connectivity index (χ4v) is 2.03. The van der Waals surface area contributed by atoms with Crippen molar-refractivity contribution in [2.45, 2.75) is 25.6 Å². The largest absolute Gasteiger partial charge is 0.472 e. The van der Waals surface area contributed by atoms with Crippen LogP contribution in [0.1, 0.15) is 18.1 Å². The average Bonchev–Trinajstić information content (AvgIpc) is 2.90. The van der Waals surface area contributed by atoms with Crippen LogP contribution in [0.15, 0.2) is 47.3 Å². The number of amides is 2. The quantitative estimate of drug-likeness (QED) is 0.895. The van der Waals surface area contributed by atoms with Crippen LogP contribution in [0.3, 0.4) is 0 Å². The first-order chi connectivity index (χ1) is 10.4. The highest BCUT2D eigenvalue weighted by molar-refractivity contribution is 5.90. The molecule has 1 unspecified atom stereocenters. The Labute approximate surface area is 125 Å². The van der Waals surface area contributed by atoms with E-state index in [2.05, 4.69) is 10.6 Å². The molecule has 0 saturated heterocycles. The highest BCUT2D eigenvalue weighted by atomic mass is 19.4. The van der Waals surface area contributed by atoms with Crippen LogP contribution in [-0.4, -0.2) is 12.1 Å². The minimum Gasteiger partial charge on any atom is -0.472 e. The minimum absolute atomic E-state index is 0.254. The van der Waals surface area contributed by atoms with Crippen LogP contribution in [0.25, 0.3) is 0 Å². The van der Waals surface area contributed by atoms with E-state index in [1.54, 1.807) is 19.3 Å². The van der Waals surface area contributed by atoms with Crippen LogP contribution < -0.4 is 10.6 Å². The normalized spacial score (nSPS) is 12.7. The van der Waals surface area contributed by atoms with Crippen molar-refractivity contribution in [1.82, 2.24) is 5.32 Å². The summed E-state index contributed by atoms with van der Waals surface area (Å²) in [7, 11) is 0. The van der Waals surface area contributed by atoms with Gasteiger partial charge in [0.2, 0.25) is 0 Å². The van der Waals surface area contributed by atoms with Crippen molar-refractivity contribution in [3.63, 3.8) is 0 Å². The molecular weight excluding hydrogens is 297 g/mol. The number of para-hydroxylation sites is 1. The molecule has 118 valence electrons. The SMILES string of the molecule is CC(Cc1ccoc1)NC(=O)Nc1ccccc1C(F)(F)F. The smallest absolute Gasteiger partial charge is 0.418 e. The third-order valence-electron chi connectivity index (χ3n) is 2.98. The Morgan fingerprint density at radius 3 is 2.64 bits per heavy atom. The molecule has 2 rings (SSSR count). The Hall–Kier alpha value is -2.44. The second kappa shape index (κ2) is 6.55. The van der Waals surface area contributed by atoms with E-state index in [9.17, 15) is 18.0 Å². The molecule has 0 spiro atoms. The summed E-state index contributed by atoms with van der Waals surface area (Å²) in [5.41, 5.74) is -0.265. The Bertz CT molecular complexity index is 624. The molecular formula is C15H15F3N2O2. The summed E-state index contributed by atoms with van der Waals surface area (Å²) >= 11 is 0. The van der Waals surface area contributed by atoms with E-state index in [0.29, 0.717) is 6.42 Å². The van der Waals surface area contributed by atoms with Crippen molar-refractivity contribution < 1.29 is 22.4 Å². The van der Waals surface area contributed by atoms with Gasteiger partial charge < -0.3 is 15.1 Å². The van der Waals surface area contributed by atoms with Gasteiger partial charge in [0.25, 0.3) is 0 Å². The summed E-state index contributed by atoms with van der Waals surface area (Å²) < 4.78 is 43.4. The highest BCUT2D eigenvalue weighted by Crippen LogP contribution is 2.34. The first-order valence-corrected chi connectivity index (χ1v) is 6.61. The number of urea groups is 1. The van der Waals surface area contributed by atoms with Crippen molar-refractivity contribution in [3.05, 3.63) is 54.0 Å². The number of nitrogens with one attached hydrogen (secondary N) is 2. The van der Waals surface area contributed by atoms with Crippen LogP contribution in [0.5, 0.6) is 0 Å². The van der Waals surface area contributed by atoms with E-state index in [-0.39, 0.29) is 11.7 Å². The summed E-state index contributed by atoms with van der Waals surface area (Å²) in [6.45, 7) is 1.75. The monoisotopic (exact) mass is 312 g/mol. The molecule has 0 saturated carbocycles. The lowest BCUT2D eigenvalue weighted by atomic mass is 10.1. The Morgan fingerprint density at radius 2 is 2.00 bits per heavy atom. The molecule has 4 nitrogen and oxygen atoms in total. The predicted molar refractivity (Wildman–Crippen MR) is 75.5 cm³/mol. The number of rotatable bonds is 4. The van der Waals surface area contributed by atoms with Crippen LogP contribution in [0.4, 0.5) is 23.7 Å². The summed E-state index contributed by atoms with van der Waals surface area (Å²) in [5, 5.41) is 4.82. The topological polar surface area (TPSA) is 54.3 Å². The van der Waals surface area contributed by atoms with Crippen molar-refractivity contribution in [2.24, 2.45) is 0 Å². The molecule has 1 atom stereocenters. The molecule has 0 bridgehead atoms. The predicted octanol–water partition coefficient (Wildman–Crippen LogP) is 4.05. The minimum atomic E-state index is -4.52. The fourth-order valence-electron chi connectivity index (χ4n) is 2.03. The van der Waals surface area contributed by atoms with Gasteiger partial charge in [0.15, 0.2) is 0 Å². The lowest BCUT2D eigenvalue weighted by Crippen LogP contribution is -2.37. The van der Waals surface area contributed by atoms with Gasteiger partial charge in [-0.25, -0.2) is 4.79 Å². The van der Waals surface area contributed by atoms with Gasteiger partial charge in [-0.05, 0) is 37.1 Å². The molecule has 1 aromatic carbocycles. The zero-order valence-corrected chi connectivity index (χ0v) is 11.8. The van der Waals surface area contributed by atoms with Gasteiger partial charge in [0.1, 0.15) is 0 Å². The lowest BCUT2D eigenvalue weighted by molar-refractivity contribution is -0.136. The summed E-state index contributed by atoms with van der Waals surface area (Å²) in [4.78, 5) is 11.8. The number of carbonyl (C=O) groups is 1. The van der Waals surface area contributed by atoms with Crippen LogP contribution >= 0.6 is 0 Å². The highest BCUT2D eigenvalue weighted by Gasteiger charge is 2.33. The maximum atomic E-state index is 12.8. The molecule has 7 heteroatoms. The molecule has 0 radical (unpaired) electrons. The molecule has 22 heavy (non-hydrogen) atoms. The third-order valence-corrected chi connectivity index (χ3v) is 2.98. The van der Waals surface area contributed by atoms with E-state index in [1.807, 2.05) is 0 Å². The zero-order valence-electron chi connectivity index (χ0n) is 11.8. The number of halogens is 3. The Kier molecular flexibility index (Phi) is 4.75. The average molecular weight is 312 g/mol. The maximum absolute atomic E-state index is 12.8. The number of carbonyl (C=O) groups excluding carboxylic acids is 1. The van der Waals surface area contributed by atoms with Gasteiger partial charge in [-0.2, -0.15) is 13.2 Å². The first-order valence-electron chi connectivity index (χ1n) is 6.61. The van der Waals surface area contributed by atoms with Crippen LogP contribution in [0.2, 0.25) is 0 Å². The molecule has 1 aromatic heterocycles. The lowest BCUT2D eigenvalue weighted by Gasteiger charge is -2.16. The van der Waals surface area contributed by atoms with Crippen molar-refractivity contribution in [2.75, 3.05) is 5.32 Å². The van der Waals surface area contributed by atoms with Crippen molar-refractivity contribution >= 4 is 11.7 Å². The fraction of sp³-hybridized carbons (Fsp3) is 0.267. The summed E-state index contributed by atoms with van der Waals surface area (Å²) in [6, 6.07) is 5.65. The molecule has 2 amide bonds. The van der Waals surface area contributed by atoms with Crippen LogP contribution in [-0.2, 0) is 12.6 Å². The number of hydrogen-bond acceptors (Lipinski definition) is 2. The number of benzene rings is 1. The zero-order chi connectivity index (χ0) is 16.2. The second-order valence-electron chi connectivity index (χ2n) is 4.88.